The molecule has 1 rings (SSSR count). The van der Waals surface area contributed by atoms with Crippen molar-refractivity contribution in [3.63, 3.8) is 0 Å². The van der Waals surface area contributed by atoms with Crippen molar-refractivity contribution < 1.29 is 14.2 Å². The van der Waals surface area contributed by atoms with Crippen molar-refractivity contribution in [1.29, 1.82) is 0 Å². The monoisotopic (exact) mass is 269 g/mol. The van der Waals surface area contributed by atoms with Crippen molar-refractivity contribution in [1.82, 2.24) is 0 Å². The van der Waals surface area contributed by atoms with Gasteiger partial charge >= 0.3 is 0 Å². The number of hydrogen-bond donors (Lipinski definition) is 1. The Morgan fingerprint density at radius 1 is 1.17 bits per heavy atom. The van der Waals surface area contributed by atoms with E-state index in [1.54, 1.807) is 25.3 Å². The molecule has 1 aromatic rings. The first-order chi connectivity index (χ1) is 8.42. The zero-order valence-corrected chi connectivity index (χ0v) is 12.7. The predicted octanol–water partition coefficient (Wildman–Crippen LogP) is 2.97. The second-order valence-corrected chi connectivity index (χ2v) is 11.0. The van der Waals surface area contributed by atoms with Crippen LogP contribution in [0.1, 0.15) is 0 Å². The molecule has 0 aromatic heterocycles. The molecule has 0 saturated carbocycles. The van der Waals surface area contributed by atoms with E-state index >= 15 is 0 Å². The van der Waals surface area contributed by atoms with Crippen LogP contribution in [0.4, 0.5) is 5.69 Å². The molecule has 0 fully saturated rings. The van der Waals surface area contributed by atoms with Crippen molar-refractivity contribution in [2.45, 2.75) is 25.7 Å². The number of nitrogen functional groups attached to an aromatic ring is 1. The van der Waals surface area contributed by atoms with Crippen LogP contribution in [-0.4, -0.2) is 28.6 Å². The maximum Gasteiger partial charge on any atom is 0.189 e. The summed E-state index contributed by atoms with van der Waals surface area (Å²) in [5.74, 6) is 1.28. The van der Waals surface area contributed by atoms with Crippen LogP contribution in [0.2, 0.25) is 25.7 Å². The summed E-state index contributed by atoms with van der Waals surface area (Å²) >= 11 is 0. The van der Waals surface area contributed by atoms with Crippen LogP contribution in [0.25, 0.3) is 0 Å². The van der Waals surface area contributed by atoms with Gasteiger partial charge in [0.1, 0.15) is 0 Å². The molecule has 5 heteroatoms. The normalized spacial score (nSPS) is 11.3. The summed E-state index contributed by atoms with van der Waals surface area (Å²) in [7, 11) is 0.563. The van der Waals surface area contributed by atoms with Crippen molar-refractivity contribution >= 4 is 13.8 Å². The zero-order valence-electron chi connectivity index (χ0n) is 11.7. The standard InChI is InChI=1S/C13H23NO3Si/c1-15-12-6-5-11(14)9-13(12)17-10-16-7-8-18(2,3)4/h5-6,9H,7-8,10,14H2,1-4H3. The Balaban J connectivity index is 2.37. The van der Waals surface area contributed by atoms with Crippen LogP contribution in [0.5, 0.6) is 11.5 Å². The van der Waals surface area contributed by atoms with Gasteiger partial charge in [0, 0.05) is 26.4 Å². The van der Waals surface area contributed by atoms with E-state index in [2.05, 4.69) is 19.6 Å². The maximum absolute atomic E-state index is 5.70. The van der Waals surface area contributed by atoms with Crippen LogP contribution in [0.3, 0.4) is 0 Å². The Labute approximate surface area is 110 Å². The van der Waals surface area contributed by atoms with Gasteiger partial charge in [0.15, 0.2) is 18.3 Å². The van der Waals surface area contributed by atoms with E-state index in [0.717, 1.165) is 12.7 Å². The predicted molar refractivity (Wildman–Crippen MR) is 77.0 cm³/mol. The van der Waals surface area contributed by atoms with Crippen LogP contribution >= 0.6 is 0 Å². The number of rotatable bonds is 7. The highest BCUT2D eigenvalue weighted by Gasteiger charge is 2.12. The van der Waals surface area contributed by atoms with E-state index in [4.69, 9.17) is 19.9 Å². The lowest BCUT2D eigenvalue weighted by Crippen LogP contribution is -2.22. The average molecular weight is 269 g/mol. The van der Waals surface area contributed by atoms with Gasteiger partial charge in [-0.3, -0.25) is 0 Å². The number of ether oxygens (including phenoxy) is 3. The second-order valence-electron chi connectivity index (χ2n) is 5.39. The fourth-order valence-corrected chi connectivity index (χ4v) is 2.11. The molecule has 0 aliphatic heterocycles. The molecule has 0 radical (unpaired) electrons. The minimum atomic E-state index is -1.04. The highest BCUT2D eigenvalue weighted by molar-refractivity contribution is 6.76. The zero-order chi connectivity index (χ0) is 13.6. The first kappa shape index (κ1) is 14.9. The topological polar surface area (TPSA) is 53.7 Å². The largest absolute Gasteiger partial charge is 0.493 e. The summed E-state index contributed by atoms with van der Waals surface area (Å²) in [4.78, 5) is 0. The number of methoxy groups -OCH3 is 1. The Morgan fingerprint density at radius 3 is 2.50 bits per heavy atom. The van der Waals surface area contributed by atoms with Crippen LogP contribution in [0.15, 0.2) is 18.2 Å². The number of anilines is 1. The molecule has 0 amide bonds. The van der Waals surface area contributed by atoms with Crippen molar-refractivity contribution in [2.24, 2.45) is 0 Å². The average Bonchev–Trinajstić information content (AvgIpc) is 2.27. The summed E-state index contributed by atoms with van der Waals surface area (Å²) in [6.07, 6.45) is 0. The summed E-state index contributed by atoms with van der Waals surface area (Å²) < 4.78 is 16.2. The molecular weight excluding hydrogens is 246 g/mol. The van der Waals surface area contributed by atoms with Gasteiger partial charge in [-0.15, -0.1) is 0 Å². The fraction of sp³-hybridized carbons (Fsp3) is 0.538. The van der Waals surface area contributed by atoms with Gasteiger partial charge in [-0.1, -0.05) is 19.6 Å². The molecule has 0 unspecified atom stereocenters. The van der Waals surface area contributed by atoms with Gasteiger partial charge in [-0.05, 0) is 18.2 Å². The Kier molecular flexibility index (Phi) is 5.49. The quantitative estimate of drug-likeness (QED) is 0.358. The van der Waals surface area contributed by atoms with Gasteiger partial charge in [-0.25, -0.2) is 0 Å². The smallest absolute Gasteiger partial charge is 0.189 e. The summed E-state index contributed by atoms with van der Waals surface area (Å²) in [5, 5.41) is 0. The molecule has 4 nitrogen and oxygen atoms in total. The molecule has 0 heterocycles. The molecule has 0 saturated heterocycles. The summed E-state index contributed by atoms with van der Waals surface area (Å²) in [5.41, 5.74) is 6.35. The summed E-state index contributed by atoms with van der Waals surface area (Å²) in [6, 6.07) is 6.43. The van der Waals surface area contributed by atoms with Crippen LogP contribution < -0.4 is 15.2 Å². The third kappa shape index (κ3) is 5.42. The van der Waals surface area contributed by atoms with E-state index in [0.29, 0.717) is 17.2 Å². The number of hydrogen-bond acceptors (Lipinski definition) is 4. The van der Waals surface area contributed by atoms with E-state index < -0.39 is 8.07 Å². The Hall–Kier alpha value is -1.20. The molecule has 0 aliphatic rings. The van der Waals surface area contributed by atoms with Gasteiger partial charge < -0.3 is 19.9 Å². The maximum atomic E-state index is 5.70. The molecule has 0 spiro atoms. The molecule has 1 aromatic carbocycles. The molecule has 18 heavy (non-hydrogen) atoms. The third-order valence-corrected chi connectivity index (χ3v) is 4.19. The van der Waals surface area contributed by atoms with E-state index in [1.807, 2.05) is 0 Å². The van der Waals surface area contributed by atoms with E-state index in [1.165, 1.54) is 0 Å². The minimum absolute atomic E-state index is 0.226. The van der Waals surface area contributed by atoms with Crippen molar-refractivity contribution in [3.05, 3.63) is 18.2 Å². The highest BCUT2D eigenvalue weighted by Crippen LogP contribution is 2.28. The highest BCUT2D eigenvalue weighted by atomic mass is 28.3. The number of nitrogens with two attached hydrogens (primary N) is 1. The molecule has 2 N–H and O–H groups in total. The van der Waals surface area contributed by atoms with Crippen LogP contribution in [0, 0.1) is 0 Å². The first-order valence-electron chi connectivity index (χ1n) is 6.06. The molecule has 0 atom stereocenters. The molecule has 102 valence electrons. The number of benzene rings is 1. The van der Waals surface area contributed by atoms with Crippen molar-refractivity contribution in [3.8, 4) is 11.5 Å². The fourth-order valence-electron chi connectivity index (χ4n) is 1.35. The van der Waals surface area contributed by atoms with E-state index in [9.17, 15) is 0 Å². The minimum Gasteiger partial charge on any atom is -0.493 e. The van der Waals surface area contributed by atoms with E-state index in [-0.39, 0.29) is 6.79 Å². The molecule has 0 bridgehead atoms. The second kappa shape index (κ2) is 6.66. The van der Waals surface area contributed by atoms with Gasteiger partial charge in [-0.2, -0.15) is 0 Å². The third-order valence-electron chi connectivity index (χ3n) is 2.48. The van der Waals surface area contributed by atoms with Gasteiger partial charge in [0.25, 0.3) is 0 Å². The molecule has 0 aliphatic carbocycles. The Bertz CT molecular complexity index is 377. The first-order valence-corrected chi connectivity index (χ1v) is 9.77. The van der Waals surface area contributed by atoms with Crippen LogP contribution in [-0.2, 0) is 4.74 Å². The SMILES string of the molecule is COc1ccc(N)cc1OCOCC[Si](C)(C)C. The van der Waals surface area contributed by atoms with Crippen molar-refractivity contribution in [2.75, 3.05) is 26.2 Å². The summed E-state index contributed by atoms with van der Waals surface area (Å²) in [6.45, 7) is 7.92. The lowest BCUT2D eigenvalue weighted by molar-refractivity contribution is 0.0206. The van der Waals surface area contributed by atoms with Gasteiger partial charge in [0.2, 0.25) is 0 Å². The Morgan fingerprint density at radius 2 is 1.89 bits per heavy atom. The molecular formula is C13H23NO3Si. The van der Waals surface area contributed by atoms with Gasteiger partial charge in [0.05, 0.1) is 7.11 Å². The lowest BCUT2D eigenvalue weighted by Gasteiger charge is -2.16. The lowest BCUT2D eigenvalue weighted by atomic mass is 10.3.